The van der Waals surface area contributed by atoms with Crippen LogP contribution in [0.3, 0.4) is 0 Å². The molecule has 0 aliphatic carbocycles. The molecular formula is C16H20NO2S+. The molecule has 4 heteroatoms. The van der Waals surface area contributed by atoms with E-state index in [1.165, 1.54) is 4.90 Å². The Morgan fingerprint density at radius 2 is 1.50 bits per heavy atom. The number of nitrogens with zero attached hydrogens (tertiary/aromatic N) is 1. The Morgan fingerprint density at radius 3 is 2.00 bits per heavy atom. The van der Waals surface area contributed by atoms with E-state index in [1.54, 1.807) is 6.07 Å². The number of nitro benzene ring substituents is 1. The van der Waals surface area contributed by atoms with Crippen LogP contribution in [0.2, 0.25) is 0 Å². The molecule has 0 aliphatic rings. The first kappa shape index (κ1) is 14.9. The van der Waals surface area contributed by atoms with E-state index in [0.717, 1.165) is 10.8 Å². The maximum absolute atomic E-state index is 11.2. The Hall–Kier alpha value is -1.55. The summed E-state index contributed by atoms with van der Waals surface area (Å²) >= 11 is 0. The Balaban J connectivity index is 2.73. The van der Waals surface area contributed by atoms with E-state index in [1.807, 2.05) is 30.3 Å². The lowest BCUT2D eigenvalue weighted by molar-refractivity contribution is -0.383. The van der Waals surface area contributed by atoms with Crippen LogP contribution in [-0.2, 0) is 10.9 Å². The number of nitro groups is 1. The molecule has 2 rings (SSSR count). The van der Waals surface area contributed by atoms with E-state index in [0.29, 0.717) is 10.5 Å². The first-order valence-corrected chi connectivity index (χ1v) is 8.16. The van der Waals surface area contributed by atoms with E-state index >= 15 is 0 Å². The van der Waals surface area contributed by atoms with Gasteiger partial charge in [-0.05, 0) is 39.8 Å². The number of hydrogen-bond acceptors (Lipinski definition) is 2. The SMILES string of the molecule is CC(C)[S+](c1ccc([N+](=O)[O-])c2ccccc12)C(C)C. The van der Waals surface area contributed by atoms with Crippen molar-refractivity contribution in [2.24, 2.45) is 0 Å². The van der Waals surface area contributed by atoms with Gasteiger partial charge < -0.3 is 0 Å². The highest BCUT2D eigenvalue weighted by molar-refractivity contribution is 7.98. The molecule has 0 spiro atoms. The molecule has 0 saturated carbocycles. The molecule has 0 amide bonds. The van der Waals surface area contributed by atoms with Gasteiger partial charge in [-0.25, -0.2) is 0 Å². The van der Waals surface area contributed by atoms with Gasteiger partial charge in [0.15, 0.2) is 4.90 Å². The Morgan fingerprint density at radius 1 is 0.950 bits per heavy atom. The van der Waals surface area contributed by atoms with Gasteiger partial charge in [0.25, 0.3) is 5.69 Å². The first-order valence-electron chi connectivity index (χ1n) is 6.81. The molecule has 0 atom stereocenters. The molecule has 0 unspecified atom stereocenters. The maximum Gasteiger partial charge on any atom is 0.277 e. The highest BCUT2D eigenvalue weighted by atomic mass is 32.2. The summed E-state index contributed by atoms with van der Waals surface area (Å²) in [5.41, 5.74) is 0.195. The highest BCUT2D eigenvalue weighted by Crippen LogP contribution is 2.34. The summed E-state index contributed by atoms with van der Waals surface area (Å²) in [4.78, 5) is 12.1. The zero-order valence-electron chi connectivity index (χ0n) is 12.3. The minimum absolute atomic E-state index is 0.0900. The average Bonchev–Trinajstić information content (AvgIpc) is 2.37. The molecule has 0 aromatic heterocycles. The smallest absolute Gasteiger partial charge is 0.258 e. The van der Waals surface area contributed by atoms with E-state index in [-0.39, 0.29) is 21.5 Å². The molecule has 106 valence electrons. The van der Waals surface area contributed by atoms with Crippen molar-refractivity contribution < 1.29 is 4.92 Å². The Bertz CT molecular complexity index is 629. The fraction of sp³-hybridized carbons (Fsp3) is 0.375. The van der Waals surface area contributed by atoms with E-state index in [2.05, 4.69) is 27.7 Å². The summed E-state index contributed by atoms with van der Waals surface area (Å²) in [5.74, 6) is 0. The van der Waals surface area contributed by atoms with Crippen LogP contribution in [0.4, 0.5) is 5.69 Å². The topological polar surface area (TPSA) is 43.1 Å². The summed E-state index contributed by atoms with van der Waals surface area (Å²) in [6.45, 7) is 8.89. The molecule has 0 heterocycles. The summed E-state index contributed by atoms with van der Waals surface area (Å²) in [6, 6.07) is 11.3. The molecule has 0 aliphatic heterocycles. The normalized spacial score (nSPS) is 11.8. The van der Waals surface area contributed by atoms with Crippen molar-refractivity contribution >= 4 is 27.4 Å². The van der Waals surface area contributed by atoms with Crippen molar-refractivity contribution in [2.45, 2.75) is 43.1 Å². The van der Waals surface area contributed by atoms with Gasteiger partial charge >= 0.3 is 0 Å². The van der Waals surface area contributed by atoms with Crippen molar-refractivity contribution in [3.8, 4) is 0 Å². The van der Waals surface area contributed by atoms with Crippen LogP contribution >= 0.6 is 0 Å². The van der Waals surface area contributed by atoms with Gasteiger partial charge in [0.1, 0.15) is 10.5 Å². The minimum atomic E-state index is -0.297. The molecule has 0 saturated heterocycles. The van der Waals surface area contributed by atoms with Crippen LogP contribution in [0.1, 0.15) is 27.7 Å². The third-order valence-corrected chi connectivity index (χ3v) is 6.22. The zero-order valence-corrected chi connectivity index (χ0v) is 13.1. The van der Waals surface area contributed by atoms with Crippen LogP contribution in [-0.4, -0.2) is 15.4 Å². The second-order valence-corrected chi connectivity index (χ2v) is 8.42. The van der Waals surface area contributed by atoms with Gasteiger partial charge in [0.05, 0.1) is 10.3 Å². The first-order chi connectivity index (χ1) is 9.43. The van der Waals surface area contributed by atoms with Gasteiger partial charge in [-0.2, -0.15) is 0 Å². The van der Waals surface area contributed by atoms with Gasteiger partial charge in [-0.1, -0.05) is 12.1 Å². The monoisotopic (exact) mass is 290 g/mol. The predicted molar refractivity (Wildman–Crippen MR) is 86.5 cm³/mol. The third kappa shape index (κ3) is 2.66. The largest absolute Gasteiger partial charge is 0.277 e. The third-order valence-electron chi connectivity index (χ3n) is 3.33. The second-order valence-electron chi connectivity index (χ2n) is 5.35. The summed E-state index contributed by atoms with van der Waals surface area (Å²) < 4.78 is 0. The number of benzene rings is 2. The molecular weight excluding hydrogens is 270 g/mol. The van der Waals surface area contributed by atoms with Gasteiger partial charge in [0, 0.05) is 28.4 Å². The molecule has 0 fully saturated rings. The standard InChI is InChI=1S/C16H20NO2S/c1-11(2)20(12(3)4)16-10-9-15(17(18)19)13-7-5-6-8-14(13)16/h5-12H,1-4H3/q+1. The summed E-state index contributed by atoms with van der Waals surface area (Å²) in [5, 5.41) is 14.0. The van der Waals surface area contributed by atoms with Crippen LogP contribution in [0, 0.1) is 10.1 Å². The lowest BCUT2D eigenvalue weighted by atomic mass is 10.1. The lowest BCUT2D eigenvalue weighted by Gasteiger charge is -2.17. The Labute approximate surface area is 122 Å². The maximum atomic E-state index is 11.2. The van der Waals surface area contributed by atoms with E-state index in [4.69, 9.17) is 0 Å². The van der Waals surface area contributed by atoms with Crippen molar-refractivity contribution in [1.82, 2.24) is 0 Å². The van der Waals surface area contributed by atoms with Crippen molar-refractivity contribution in [1.29, 1.82) is 0 Å². The minimum Gasteiger partial charge on any atom is -0.258 e. The fourth-order valence-corrected chi connectivity index (χ4v) is 5.43. The number of non-ortho nitro benzene ring substituents is 1. The van der Waals surface area contributed by atoms with Crippen LogP contribution in [0.25, 0.3) is 10.8 Å². The molecule has 2 aromatic rings. The second kappa shape index (κ2) is 5.83. The van der Waals surface area contributed by atoms with Crippen LogP contribution < -0.4 is 0 Å². The lowest BCUT2D eigenvalue weighted by Crippen LogP contribution is -2.24. The predicted octanol–water partition coefficient (Wildman–Crippen LogP) is 4.54. The summed E-state index contributed by atoms with van der Waals surface area (Å²) in [7, 11) is 0.0900. The molecule has 0 N–H and O–H groups in total. The molecule has 2 aromatic carbocycles. The zero-order chi connectivity index (χ0) is 14.9. The van der Waals surface area contributed by atoms with Gasteiger partial charge in [-0.15, -0.1) is 0 Å². The Kier molecular flexibility index (Phi) is 4.33. The van der Waals surface area contributed by atoms with Crippen molar-refractivity contribution in [3.05, 3.63) is 46.5 Å². The number of fused-ring (bicyclic) bond motifs is 1. The van der Waals surface area contributed by atoms with Crippen LogP contribution in [0.5, 0.6) is 0 Å². The fourth-order valence-electron chi connectivity index (χ4n) is 2.67. The van der Waals surface area contributed by atoms with Gasteiger partial charge in [-0.3, -0.25) is 10.1 Å². The number of rotatable bonds is 4. The van der Waals surface area contributed by atoms with E-state index in [9.17, 15) is 10.1 Å². The van der Waals surface area contributed by atoms with Gasteiger partial charge in [0.2, 0.25) is 0 Å². The van der Waals surface area contributed by atoms with Crippen LogP contribution in [0.15, 0.2) is 41.3 Å². The quantitative estimate of drug-likeness (QED) is 0.471. The summed E-state index contributed by atoms with van der Waals surface area (Å²) in [6.07, 6.45) is 0. The molecule has 0 bridgehead atoms. The molecule has 3 nitrogen and oxygen atoms in total. The average molecular weight is 290 g/mol. The van der Waals surface area contributed by atoms with Crippen molar-refractivity contribution in [2.75, 3.05) is 0 Å². The number of hydrogen-bond donors (Lipinski definition) is 0. The van der Waals surface area contributed by atoms with E-state index < -0.39 is 0 Å². The molecule has 20 heavy (non-hydrogen) atoms. The highest BCUT2D eigenvalue weighted by Gasteiger charge is 2.32. The van der Waals surface area contributed by atoms with Crippen molar-refractivity contribution in [3.63, 3.8) is 0 Å². The molecule has 0 radical (unpaired) electrons.